The molecule has 0 spiro atoms. The lowest BCUT2D eigenvalue weighted by Crippen LogP contribution is -2.36. The first-order chi connectivity index (χ1) is 9.65. The Morgan fingerprint density at radius 1 is 1.25 bits per heavy atom. The predicted octanol–water partition coefficient (Wildman–Crippen LogP) is 0.880. The molecule has 0 bridgehead atoms. The van der Waals surface area contributed by atoms with Gasteiger partial charge in [-0.15, -0.1) is 0 Å². The molecule has 1 saturated carbocycles. The van der Waals surface area contributed by atoms with E-state index in [2.05, 4.69) is 16.0 Å². The van der Waals surface area contributed by atoms with Gasteiger partial charge in [0, 0.05) is 24.7 Å². The molecule has 0 heterocycles. The van der Waals surface area contributed by atoms with Crippen molar-refractivity contribution in [1.29, 1.82) is 0 Å². The maximum atomic E-state index is 12.9. The summed E-state index contributed by atoms with van der Waals surface area (Å²) in [6.45, 7) is 1.15. The van der Waals surface area contributed by atoms with Crippen LogP contribution in [0.25, 0.3) is 0 Å². The van der Waals surface area contributed by atoms with Crippen molar-refractivity contribution < 1.29 is 14.0 Å². The minimum Gasteiger partial charge on any atom is -0.355 e. The van der Waals surface area contributed by atoms with E-state index in [9.17, 15) is 14.0 Å². The van der Waals surface area contributed by atoms with Gasteiger partial charge in [-0.3, -0.25) is 9.59 Å². The van der Waals surface area contributed by atoms with E-state index in [-0.39, 0.29) is 24.3 Å². The number of carbonyl (C=O) groups excluding carboxylic acids is 2. The van der Waals surface area contributed by atoms with Gasteiger partial charge in [0.1, 0.15) is 5.82 Å². The Kier molecular flexibility index (Phi) is 5.06. The van der Waals surface area contributed by atoms with Crippen LogP contribution in [0, 0.1) is 11.7 Å². The van der Waals surface area contributed by atoms with Gasteiger partial charge in [-0.2, -0.15) is 0 Å². The summed E-state index contributed by atoms with van der Waals surface area (Å²) < 4.78 is 12.9. The lowest BCUT2D eigenvalue weighted by molar-refractivity contribution is -0.122. The van der Waals surface area contributed by atoms with E-state index < -0.39 is 5.82 Å². The van der Waals surface area contributed by atoms with E-state index in [0.29, 0.717) is 18.8 Å². The summed E-state index contributed by atoms with van der Waals surface area (Å²) >= 11 is 0. The number of nitrogens with one attached hydrogen (secondary N) is 3. The number of halogens is 1. The minimum atomic E-state index is -0.390. The fraction of sp³-hybridized carbons (Fsp3) is 0.429. The third-order valence-electron chi connectivity index (χ3n) is 2.94. The summed E-state index contributed by atoms with van der Waals surface area (Å²) in [5.41, 5.74) is 0.429. The number of hydrogen-bond acceptors (Lipinski definition) is 3. The third-order valence-corrected chi connectivity index (χ3v) is 2.94. The van der Waals surface area contributed by atoms with Crippen molar-refractivity contribution in [1.82, 2.24) is 10.6 Å². The molecule has 0 aliphatic heterocycles. The Morgan fingerprint density at radius 3 is 2.75 bits per heavy atom. The molecule has 20 heavy (non-hydrogen) atoms. The average Bonchev–Trinajstić information content (AvgIpc) is 3.22. The summed E-state index contributed by atoms with van der Waals surface area (Å²) in [6, 6.07) is 5.73. The molecule has 3 N–H and O–H groups in total. The second kappa shape index (κ2) is 7.00. The Bertz CT molecular complexity index is 489. The second-order valence-corrected chi connectivity index (χ2v) is 4.80. The van der Waals surface area contributed by atoms with E-state index in [1.165, 1.54) is 18.2 Å². The monoisotopic (exact) mass is 279 g/mol. The van der Waals surface area contributed by atoms with Gasteiger partial charge in [-0.1, -0.05) is 6.07 Å². The smallest absolute Gasteiger partial charge is 0.238 e. The molecule has 5 nitrogen and oxygen atoms in total. The van der Waals surface area contributed by atoms with Crippen molar-refractivity contribution >= 4 is 17.5 Å². The van der Waals surface area contributed by atoms with Crippen LogP contribution in [0.3, 0.4) is 0 Å². The van der Waals surface area contributed by atoms with Crippen molar-refractivity contribution in [3.05, 3.63) is 30.1 Å². The Hall–Kier alpha value is -1.95. The normalized spacial score (nSPS) is 13.8. The van der Waals surface area contributed by atoms with Crippen LogP contribution >= 0.6 is 0 Å². The molecule has 1 fully saturated rings. The highest BCUT2D eigenvalue weighted by Gasteiger charge is 2.28. The van der Waals surface area contributed by atoms with Gasteiger partial charge in [-0.25, -0.2) is 4.39 Å². The number of hydrogen-bond donors (Lipinski definition) is 3. The molecule has 1 aromatic carbocycles. The lowest BCUT2D eigenvalue weighted by Gasteiger charge is -2.07. The molecule has 0 aromatic heterocycles. The van der Waals surface area contributed by atoms with Crippen LogP contribution in [-0.4, -0.2) is 31.4 Å². The molecular formula is C14H18FN3O2. The van der Waals surface area contributed by atoms with Gasteiger partial charge < -0.3 is 16.0 Å². The molecule has 0 unspecified atom stereocenters. The van der Waals surface area contributed by atoms with Crippen molar-refractivity contribution in [2.24, 2.45) is 5.92 Å². The van der Waals surface area contributed by atoms with E-state index in [1.807, 2.05) is 0 Å². The van der Waals surface area contributed by atoms with Crippen molar-refractivity contribution in [2.75, 3.05) is 25.0 Å². The highest BCUT2D eigenvalue weighted by atomic mass is 19.1. The minimum absolute atomic E-state index is 0.0935. The van der Waals surface area contributed by atoms with Crippen LogP contribution in [-0.2, 0) is 9.59 Å². The van der Waals surface area contributed by atoms with Crippen LogP contribution < -0.4 is 16.0 Å². The van der Waals surface area contributed by atoms with Crippen LogP contribution in [0.1, 0.15) is 12.8 Å². The Morgan fingerprint density at radius 2 is 2.05 bits per heavy atom. The molecule has 1 aliphatic carbocycles. The molecule has 0 saturated heterocycles. The maximum absolute atomic E-state index is 12.9. The summed E-state index contributed by atoms with van der Waals surface area (Å²) in [7, 11) is 0. The molecule has 2 amide bonds. The zero-order valence-corrected chi connectivity index (χ0v) is 11.1. The Balaban J connectivity index is 1.57. The Labute approximate surface area is 116 Å². The van der Waals surface area contributed by atoms with Crippen molar-refractivity contribution in [3.8, 4) is 0 Å². The van der Waals surface area contributed by atoms with E-state index >= 15 is 0 Å². The number of rotatable bonds is 7. The number of benzene rings is 1. The molecule has 6 heteroatoms. The van der Waals surface area contributed by atoms with E-state index in [0.717, 1.165) is 12.8 Å². The first kappa shape index (κ1) is 14.5. The van der Waals surface area contributed by atoms with Crippen molar-refractivity contribution in [3.63, 3.8) is 0 Å². The van der Waals surface area contributed by atoms with Gasteiger partial charge in [0.25, 0.3) is 0 Å². The third kappa shape index (κ3) is 4.97. The average molecular weight is 279 g/mol. The van der Waals surface area contributed by atoms with Crippen LogP contribution in [0.5, 0.6) is 0 Å². The topological polar surface area (TPSA) is 70.2 Å². The molecule has 2 rings (SSSR count). The highest BCUT2D eigenvalue weighted by Crippen LogP contribution is 2.28. The standard InChI is InChI=1S/C14H18FN3O2/c15-11-2-1-3-12(8-11)18-13(19)9-16-6-7-17-14(20)10-4-5-10/h1-3,8,10,16H,4-7,9H2,(H,17,20)(H,18,19). The summed E-state index contributed by atoms with van der Waals surface area (Å²) in [5.74, 6) is -0.343. The van der Waals surface area contributed by atoms with Gasteiger partial charge >= 0.3 is 0 Å². The number of anilines is 1. The molecule has 108 valence electrons. The summed E-state index contributed by atoms with van der Waals surface area (Å²) in [4.78, 5) is 22.9. The SMILES string of the molecule is O=C(CNCCNC(=O)C1CC1)Nc1cccc(F)c1. The second-order valence-electron chi connectivity index (χ2n) is 4.80. The molecule has 1 aliphatic rings. The highest BCUT2D eigenvalue weighted by molar-refractivity contribution is 5.92. The predicted molar refractivity (Wildman–Crippen MR) is 73.6 cm³/mol. The van der Waals surface area contributed by atoms with Gasteiger partial charge in [-0.05, 0) is 31.0 Å². The fourth-order valence-electron chi connectivity index (χ4n) is 1.74. The molecule has 0 atom stereocenters. The van der Waals surface area contributed by atoms with Crippen LogP contribution in [0.2, 0.25) is 0 Å². The van der Waals surface area contributed by atoms with Crippen LogP contribution in [0.4, 0.5) is 10.1 Å². The molecule has 1 aromatic rings. The van der Waals surface area contributed by atoms with Crippen molar-refractivity contribution in [2.45, 2.75) is 12.8 Å². The van der Waals surface area contributed by atoms with E-state index in [4.69, 9.17) is 0 Å². The zero-order chi connectivity index (χ0) is 14.4. The first-order valence-corrected chi connectivity index (χ1v) is 6.69. The van der Waals surface area contributed by atoms with Gasteiger partial charge in [0.2, 0.25) is 11.8 Å². The maximum Gasteiger partial charge on any atom is 0.238 e. The van der Waals surface area contributed by atoms with Gasteiger partial charge in [0.05, 0.1) is 6.54 Å². The summed E-state index contributed by atoms with van der Waals surface area (Å²) in [5, 5.41) is 8.29. The summed E-state index contributed by atoms with van der Waals surface area (Å²) in [6.07, 6.45) is 1.96. The van der Waals surface area contributed by atoms with Crippen LogP contribution in [0.15, 0.2) is 24.3 Å². The molecular weight excluding hydrogens is 261 g/mol. The largest absolute Gasteiger partial charge is 0.355 e. The lowest BCUT2D eigenvalue weighted by atomic mass is 10.3. The van der Waals surface area contributed by atoms with Gasteiger partial charge in [0.15, 0.2) is 0 Å². The number of amides is 2. The molecule has 0 radical (unpaired) electrons. The quantitative estimate of drug-likeness (QED) is 0.649. The first-order valence-electron chi connectivity index (χ1n) is 6.69. The van der Waals surface area contributed by atoms with E-state index in [1.54, 1.807) is 6.07 Å². The zero-order valence-electron chi connectivity index (χ0n) is 11.1. The fourth-order valence-corrected chi connectivity index (χ4v) is 1.74. The number of carbonyl (C=O) groups is 2.